The van der Waals surface area contributed by atoms with Crippen LogP contribution in [0.15, 0.2) is 24.3 Å². The Kier molecular flexibility index (Phi) is 5.38. The fraction of sp³-hybridized carbons (Fsp3) is 0.467. The summed E-state index contributed by atoms with van der Waals surface area (Å²) in [6, 6.07) is 9.59. The number of halogens is 1. The summed E-state index contributed by atoms with van der Waals surface area (Å²) < 4.78 is 0. The van der Waals surface area contributed by atoms with E-state index in [0.29, 0.717) is 24.4 Å². The van der Waals surface area contributed by atoms with Gasteiger partial charge in [-0.1, -0.05) is 43.6 Å². The van der Waals surface area contributed by atoms with E-state index in [1.165, 1.54) is 0 Å². The van der Waals surface area contributed by atoms with Gasteiger partial charge in [-0.15, -0.1) is 0 Å². The van der Waals surface area contributed by atoms with E-state index in [1.807, 2.05) is 32.0 Å². The first-order valence-corrected chi connectivity index (χ1v) is 6.78. The van der Waals surface area contributed by atoms with Crippen molar-refractivity contribution in [2.24, 2.45) is 5.41 Å². The van der Waals surface area contributed by atoms with E-state index in [1.54, 1.807) is 18.0 Å². The lowest BCUT2D eigenvalue weighted by Gasteiger charge is -2.28. The van der Waals surface area contributed by atoms with Crippen LogP contribution >= 0.6 is 11.6 Å². The lowest BCUT2D eigenvalue weighted by Crippen LogP contribution is -2.40. The highest BCUT2D eigenvalue weighted by Gasteiger charge is 2.37. The Morgan fingerprint density at radius 3 is 2.42 bits per heavy atom. The molecule has 0 fully saturated rings. The summed E-state index contributed by atoms with van der Waals surface area (Å²) in [6.45, 7) is 4.16. The molecule has 0 saturated heterocycles. The SMILES string of the molecule is CCC(C#N)(CC)C(=O)N(C)Cc1ccccc1Cl. The van der Waals surface area contributed by atoms with Gasteiger partial charge in [-0.25, -0.2) is 0 Å². The minimum Gasteiger partial charge on any atom is -0.340 e. The molecule has 0 spiro atoms. The van der Waals surface area contributed by atoms with E-state index in [4.69, 9.17) is 11.6 Å². The van der Waals surface area contributed by atoms with Crippen molar-refractivity contribution in [3.8, 4) is 6.07 Å². The van der Waals surface area contributed by atoms with E-state index in [0.717, 1.165) is 5.56 Å². The van der Waals surface area contributed by atoms with Gasteiger partial charge in [0, 0.05) is 18.6 Å². The number of nitriles is 1. The van der Waals surface area contributed by atoms with Crippen molar-refractivity contribution in [2.75, 3.05) is 7.05 Å². The number of carbonyl (C=O) groups excluding carboxylic acids is 1. The number of amides is 1. The fourth-order valence-electron chi connectivity index (χ4n) is 2.08. The second-order valence-corrected chi connectivity index (χ2v) is 5.06. The average Bonchev–Trinajstić information content (AvgIpc) is 2.43. The Hall–Kier alpha value is -1.53. The summed E-state index contributed by atoms with van der Waals surface area (Å²) in [5.74, 6) is -0.139. The van der Waals surface area contributed by atoms with Crippen LogP contribution in [0.2, 0.25) is 5.02 Å². The largest absolute Gasteiger partial charge is 0.340 e. The molecule has 0 bridgehead atoms. The summed E-state index contributed by atoms with van der Waals surface area (Å²) in [4.78, 5) is 14.0. The van der Waals surface area contributed by atoms with Crippen molar-refractivity contribution in [3.63, 3.8) is 0 Å². The van der Waals surface area contributed by atoms with E-state index < -0.39 is 5.41 Å². The Morgan fingerprint density at radius 1 is 1.37 bits per heavy atom. The summed E-state index contributed by atoms with van der Waals surface area (Å²) in [6.07, 6.45) is 1.04. The van der Waals surface area contributed by atoms with Gasteiger partial charge in [-0.3, -0.25) is 4.79 Å². The number of nitrogens with zero attached hydrogens (tertiary/aromatic N) is 2. The van der Waals surface area contributed by atoms with Gasteiger partial charge in [0.15, 0.2) is 0 Å². The highest BCUT2D eigenvalue weighted by molar-refractivity contribution is 6.31. The molecule has 19 heavy (non-hydrogen) atoms. The molecule has 0 unspecified atom stereocenters. The maximum absolute atomic E-state index is 12.4. The minimum absolute atomic E-state index is 0.139. The zero-order chi connectivity index (χ0) is 14.5. The molecule has 102 valence electrons. The van der Waals surface area contributed by atoms with Crippen LogP contribution in [0.4, 0.5) is 0 Å². The molecule has 1 aromatic rings. The maximum Gasteiger partial charge on any atom is 0.243 e. The predicted molar refractivity (Wildman–Crippen MR) is 76.6 cm³/mol. The fourth-order valence-corrected chi connectivity index (χ4v) is 2.27. The number of hydrogen-bond donors (Lipinski definition) is 0. The molecular formula is C15H19ClN2O. The van der Waals surface area contributed by atoms with Gasteiger partial charge in [-0.2, -0.15) is 5.26 Å². The molecule has 1 aromatic carbocycles. The Balaban J connectivity index is 2.90. The lowest BCUT2D eigenvalue weighted by molar-refractivity contribution is -0.138. The molecular weight excluding hydrogens is 260 g/mol. The standard InChI is InChI=1S/C15H19ClN2O/c1-4-15(5-2,11-17)14(19)18(3)10-12-8-6-7-9-13(12)16/h6-9H,4-5,10H2,1-3H3. The van der Waals surface area contributed by atoms with Crippen LogP contribution in [0, 0.1) is 16.7 Å². The molecule has 4 heteroatoms. The monoisotopic (exact) mass is 278 g/mol. The number of hydrogen-bond acceptors (Lipinski definition) is 2. The van der Waals surface area contributed by atoms with E-state index >= 15 is 0 Å². The topological polar surface area (TPSA) is 44.1 Å². The molecule has 0 aromatic heterocycles. The van der Waals surface area contributed by atoms with Crippen molar-refractivity contribution < 1.29 is 4.79 Å². The number of benzene rings is 1. The van der Waals surface area contributed by atoms with Crippen molar-refractivity contribution in [1.82, 2.24) is 4.90 Å². The first-order chi connectivity index (χ1) is 9.00. The molecule has 1 amide bonds. The van der Waals surface area contributed by atoms with Crippen LogP contribution in [0.5, 0.6) is 0 Å². The first kappa shape index (κ1) is 15.5. The van der Waals surface area contributed by atoms with Crippen LogP contribution in [0.1, 0.15) is 32.3 Å². The maximum atomic E-state index is 12.4. The van der Waals surface area contributed by atoms with Crippen molar-refractivity contribution in [2.45, 2.75) is 33.2 Å². The van der Waals surface area contributed by atoms with E-state index in [9.17, 15) is 10.1 Å². The number of rotatable bonds is 5. The van der Waals surface area contributed by atoms with Crippen molar-refractivity contribution >= 4 is 17.5 Å². The van der Waals surface area contributed by atoms with Crippen LogP contribution in [0.25, 0.3) is 0 Å². The molecule has 0 atom stereocenters. The molecule has 0 aliphatic carbocycles. The highest BCUT2D eigenvalue weighted by atomic mass is 35.5. The van der Waals surface area contributed by atoms with Gasteiger partial charge in [0.25, 0.3) is 0 Å². The van der Waals surface area contributed by atoms with Crippen LogP contribution in [-0.4, -0.2) is 17.9 Å². The van der Waals surface area contributed by atoms with Gasteiger partial charge in [-0.05, 0) is 24.5 Å². The molecule has 3 nitrogen and oxygen atoms in total. The quantitative estimate of drug-likeness (QED) is 0.825. The van der Waals surface area contributed by atoms with Gasteiger partial charge < -0.3 is 4.90 Å². The molecule has 0 N–H and O–H groups in total. The predicted octanol–water partition coefficient (Wildman–Crippen LogP) is 3.63. The third-order valence-corrected chi connectivity index (χ3v) is 3.91. The molecule has 0 saturated carbocycles. The van der Waals surface area contributed by atoms with Crippen LogP contribution < -0.4 is 0 Å². The van der Waals surface area contributed by atoms with Gasteiger partial charge in [0.1, 0.15) is 5.41 Å². The second kappa shape index (κ2) is 6.58. The van der Waals surface area contributed by atoms with Crippen molar-refractivity contribution in [1.29, 1.82) is 5.26 Å². The Labute approximate surface area is 119 Å². The van der Waals surface area contributed by atoms with Gasteiger partial charge >= 0.3 is 0 Å². The number of carbonyl (C=O) groups is 1. The first-order valence-electron chi connectivity index (χ1n) is 6.41. The Morgan fingerprint density at radius 2 is 1.95 bits per heavy atom. The highest BCUT2D eigenvalue weighted by Crippen LogP contribution is 2.28. The summed E-state index contributed by atoms with van der Waals surface area (Å²) >= 11 is 6.09. The third-order valence-electron chi connectivity index (χ3n) is 3.54. The summed E-state index contributed by atoms with van der Waals surface area (Å²) in [5.41, 5.74) is -0.0326. The minimum atomic E-state index is -0.921. The van der Waals surface area contributed by atoms with E-state index in [-0.39, 0.29) is 5.91 Å². The third kappa shape index (κ3) is 3.27. The van der Waals surface area contributed by atoms with Crippen LogP contribution in [0.3, 0.4) is 0 Å². The smallest absolute Gasteiger partial charge is 0.243 e. The summed E-state index contributed by atoms with van der Waals surface area (Å²) in [7, 11) is 1.71. The van der Waals surface area contributed by atoms with Gasteiger partial charge in [0.2, 0.25) is 5.91 Å². The normalized spacial score (nSPS) is 10.9. The lowest BCUT2D eigenvalue weighted by atomic mass is 9.82. The van der Waals surface area contributed by atoms with E-state index in [2.05, 4.69) is 6.07 Å². The van der Waals surface area contributed by atoms with Crippen molar-refractivity contribution in [3.05, 3.63) is 34.9 Å². The van der Waals surface area contributed by atoms with Crippen LogP contribution in [-0.2, 0) is 11.3 Å². The zero-order valence-electron chi connectivity index (χ0n) is 11.6. The average molecular weight is 279 g/mol. The molecule has 0 aliphatic rings. The Bertz CT molecular complexity index is 489. The summed E-state index contributed by atoms with van der Waals surface area (Å²) in [5, 5.41) is 9.93. The molecule has 1 rings (SSSR count). The molecule has 0 radical (unpaired) electrons. The van der Waals surface area contributed by atoms with Gasteiger partial charge in [0.05, 0.1) is 6.07 Å². The second-order valence-electron chi connectivity index (χ2n) is 4.65. The zero-order valence-corrected chi connectivity index (χ0v) is 12.4. The molecule has 0 aliphatic heterocycles. The molecule has 0 heterocycles.